The number of nitrogens with one attached hydrogen (secondary N) is 1. The van der Waals surface area contributed by atoms with Crippen LogP contribution in [-0.2, 0) is 0 Å². The Hall–Kier alpha value is -1.94. The van der Waals surface area contributed by atoms with Crippen LogP contribution in [-0.4, -0.2) is 29.1 Å². The molecule has 0 radical (unpaired) electrons. The lowest BCUT2D eigenvalue weighted by Gasteiger charge is -2.40. The molecule has 1 aromatic heterocycles. The van der Waals surface area contributed by atoms with Gasteiger partial charge in [-0.05, 0) is 12.5 Å². The van der Waals surface area contributed by atoms with Gasteiger partial charge in [0.1, 0.15) is 6.33 Å². The van der Waals surface area contributed by atoms with Crippen molar-refractivity contribution in [1.29, 1.82) is 0 Å². The van der Waals surface area contributed by atoms with Gasteiger partial charge in [-0.3, -0.25) is 0 Å². The van der Waals surface area contributed by atoms with Crippen LogP contribution in [0.2, 0.25) is 0 Å². The van der Waals surface area contributed by atoms with Crippen molar-refractivity contribution < 1.29 is 0 Å². The van der Waals surface area contributed by atoms with E-state index in [2.05, 4.69) is 57.4 Å². The summed E-state index contributed by atoms with van der Waals surface area (Å²) in [6.07, 6.45) is 5.35. The highest BCUT2D eigenvalue weighted by Gasteiger charge is 2.26. The van der Waals surface area contributed by atoms with E-state index in [0.717, 1.165) is 18.8 Å². The van der Waals surface area contributed by atoms with Gasteiger partial charge in [-0.2, -0.15) is 0 Å². The van der Waals surface area contributed by atoms with Gasteiger partial charge in [0.15, 0.2) is 0 Å². The van der Waals surface area contributed by atoms with E-state index in [0.29, 0.717) is 12.1 Å². The predicted octanol–water partition coefficient (Wildman–Crippen LogP) is 2.02. The van der Waals surface area contributed by atoms with E-state index in [1.165, 1.54) is 5.56 Å². The Morgan fingerprint density at radius 1 is 1.16 bits per heavy atom. The number of hydrogen-bond acceptors (Lipinski definition) is 4. The summed E-state index contributed by atoms with van der Waals surface area (Å²) < 4.78 is 0. The van der Waals surface area contributed by atoms with Crippen LogP contribution in [0.4, 0.5) is 5.69 Å². The van der Waals surface area contributed by atoms with Crippen LogP contribution < -0.4 is 10.2 Å². The molecule has 0 amide bonds. The van der Waals surface area contributed by atoms with Crippen LogP contribution in [0.25, 0.3) is 0 Å². The molecule has 0 spiro atoms. The first-order chi connectivity index (χ1) is 9.34. The van der Waals surface area contributed by atoms with Gasteiger partial charge in [0.2, 0.25) is 0 Å². The Labute approximate surface area is 113 Å². The highest BCUT2D eigenvalue weighted by Crippen LogP contribution is 2.24. The molecule has 4 nitrogen and oxygen atoms in total. The summed E-state index contributed by atoms with van der Waals surface area (Å²) in [6, 6.07) is 11.4. The van der Waals surface area contributed by atoms with E-state index in [4.69, 9.17) is 0 Å². The molecule has 3 rings (SSSR count). The zero-order chi connectivity index (χ0) is 13.1. The van der Waals surface area contributed by atoms with Gasteiger partial charge < -0.3 is 10.2 Å². The number of nitrogens with zero attached hydrogens (tertiary/aromatic N) is 3. The van der Waals surface area contributed by atoms with Gasteiger partial charge in [0.25, 0.3) is 0 Å². The molecule has 1 N–H and O–H groups in total. The molecule has 1 fully saturated rings. The molecule has 2 unspecified atom stereocenters. The summed E-state index contributed by atoms with van der Waals surface area (Å²) >= 11 is 0. The van der Waals surface area contributed by atoms with Crippen LogP contribution in [0.15, 0.2) is 49.1 Å². The maximum absolute atomic E-state index is 4.12. The average Bonchev–Trinajstić information content (AvgIpc) is 2.49. The van der Waals surface area contributed by atoms with Crippen molar-refractivity contribution in [3.05, 3.63) is 54.6 Å². The first kappa shape index (κ1) is 12.1. The van der Waals surface area contributed by atoms with Gasteiger partial charge in [0, 0.05) is 25.2 Å². The van der Waals surface area contributed by atoms with Gasteiger partial charge in [0.05, 0.1) is 18.1 Å². The fourth-order valence-electron chi connectivity index (χ4n) is 2.57. The molecule has 1 aliphatic heterocycles. The van der Waals surface area contributed by atoms with Crippen molar-refractivity contribution in [1.82, 2.24) is 15.3 Å². The van der Waals surface area contributed by atoms with Gasteiger partial charge in [-0.25, -0.2) is 9.97 Å². The van der Waals surface area contributed by atoms with Crippen LogP contribution in [0.1, 0.15) is 18.5 Å². The standard InChI is InChI=1S/C15H18N4/c1-12-7-18-15(13-5-3-2-4-6-13)10-19(12)14-8-16-11-17-9-14/h2-6,8-9,11-12,15,18H,7,10H2,1H3. The van der Waals surface area contributed by atoms with E-state index in [-0.39, 0.29) is 0 Å². The summed E-state index contributed by atoms with van der Waals surface area (Å²) in [7, 11) is 0. The second-order valence-corrected chi connectivity index (χ2v) is 4.97. The van der Waals surface area contributed by atoms with E-state index in [1.54, 1.807) is 6.33 Å². The smallest absolute Gasteiger partial charge is 0.115 e. The molecule has 1 saturated heterocycles. The summed E-state index contributed by atoms with van der Waals surface area (Å²) in [5.74, 6) is 0. The number of rotatable bonds is 2. The molecule has 0 aliphatic carbocycles. The SMILES string of the molecule is CC1CNC(c2ccccc2)CN1c1cncnc1. The number of piperazine rings is 1. The second-order valence-electron chi connectivity index (χ2n) is 4.97. The molecule has 4 heteroatoms. The van der Waals surface area contributed by atoms with Gasteiger partial charge >= 0.3 is 0 Å². The quantitative estimate of drug-likeness (QED) is 0.890. The maximum Gasteiger partial charge on any atom is 0.115 e. The normalized spacial score (nSPS) is 23.3. The zero-order valence-electron chi connectivity index (χ0n) is 11.0. The van der Waals surface area contributed by atoms with Crippen LogP contribution in [0, 0.1) is 0 Å². The molecular weight excluding hydrogens is 236 g/mol. The third-order valence-corrected chi connectivity index (χ3v) is 3.65. The first-order valence-corrected chi connectivity index (χ1v) is 6.64. The fraction of sp³-hybridized carbons (Fsp3) is 0.333. The third kappa shape index (κ3) is 2.58. The van der Waals surface area contributed by atoms with Crippen molar-refractivity contribution in [3.63, 3.8) is 0 Å². The third-order valence-electron chi connectivity index (χ3n) is 3.65. The molecule has 98 valence electrons. The molecule has 2 atom stereocenters. The van der Waals surface area contributed by atoms with Crippen LogP contribution >= 0.6 is 0 Å². The largest absolute Gasteiger partial charge is 0.363 e. The minimum absolute atomic E-state index is 0.359. The second kappa shape index (κ2) is 5.36. The Balaban J connectivity index is 1.82. The summed E-state index contributed by atoms with van der Waals surface area (Å²) in [4.78, 5) is 10.6. The van der Waals surface area contributed by atoms with E-state index in [1.807, 2.05) is 12.4 Å². The van der Waals surface area contributed by atoms with Crippen molar-refractivity contribution in [2.75, 3.05) is 18.0 Å². The molecule has 2 aromatic rings. The Kier molecular flexibility index (Phi) is 3.42. The molecular formula is C15H18N4. The summed E-state index contributed by atoms with van der Waals surface area (Å²) in [5.41, 5.74) is 2.42. The van der Waals surface area contributed by atoms with Crippen LogP contribution in [0.5, 0.6) is 0 Å². The first-order valence-electron chi connectivity index (χ1n) is 6.64. The van der Waals surface area contributed by atoms with Crippen molar-refractivity contribution in [2.45, 2.75) is 19.0 Å². The minimum atomic E-state index is 0.359. The molecule has 1 aliphatic rings. The molecule has 2 heterocycles. The van der Waals surface area contributed by atoms with Crippen molar-refractivity contribution in [3.8, 4) is 0 Å². The van der Waals surface area contributed by atoms with E-state index in [9.17, 15) is 0 Å². The van der Waals surface area contributed by atoms with Crippen molar-refractivity contribution >= 4 is 5.69 Å². The number of hydrogen-bond donors (Lipinski definition) is 1. The maximum atomic E-state index is 4.12. The zero-order valence-corrected chi connectivity index (χ0v) is 11.0. The lowest BCUT2D eigenvalue weighted by molar-refractivity contribution is 0.414. The topological polar surface area (TPSA) is 41.0 Å². The number of benzene rings is 1. The summed E-state index contributed by atoms with van der Waals surface area (Å²) in [5, 5.41) is 3.60. The van der Waals surface area contributed by atoms with Gasteiger partial charge in [-0.15, -0.1) is 0 Å². The molecule has 0 saturated carbocycles. The van der Waals surface area contributed by atoms with Crippen molar-refractivity contribution in [2.24, 2.45) is 0 Å². The summed E-state index contributed by atoms with van der Waals surface area (Å²) in [6.45, 7) is 4.13. The fourth-order valence-corrected chi connectivity index (χ4v) is 2.57. The molecule has 1 aromatic carbocycles. The Bertz CT molecular complexity index is 514. The van der Waals surface area contributed by atoms with E-state index < -0.39 is 0 Å². The lowest BCUT2D eigenvalue weighted by atomic mass is 10.0. The number of aromatic nitrogens is 2. The average molecular weight is 254 g/mol. The predicted molar refractivity (Wildman–Crippen MR) is 76.0 cm³/mol. The highest BCUT2D eigenvalue weighted by atomic mass is 15.2. The Morgan fingerprint density at radius 2 is 1.89 bits per heavy atom. The molecule has 0 bridgehead atoms. The lowest BCUT2D eigenvalue weighted by Crippen LogP contribution is -2.51. The minimum Gasteiger partial charge on any atom is -0.363 e. The Morgan fingerprint density at radius 3 is 2.63 bits per heavy atom. The molecule has 19 heavy (non-hydrogen) atoms. The highest BCUT2D eigenvalue weighted by molar-refractivity contribution is 5.44. The van der Waals surface area contributed by atoms with Crippen LogP contribution in [0.3, 0.4) is 0 Å². The van der Waals surface area contributed by atoms with Gasteiger partial charge in [-0.1, -0.05) is 30.3 Å². The van der Waals surface area contributed by atoms with E-state index >= 15 is 0 Å². The monoisotopic (exact) mass is 254 g/mol. The number of anilines is 1.